The van der Waals surface area contributed by atoms with Crippen LogP contribution in [0.3, 0.4) is 0 Å². The average Bonchev–Trinajstić information content (AvgIpc) is 2.56. The number of benzene rings is 2. The average molecular weight is 355 g/mol. The van der Waals surface area contributed by atoms with E-state index in [-0.39, 0.29) is 34.6 Å². The van der Waals surface area contributed by atoms with Crippen molar-refractivity contribution in [1.29, 1.82) is 0 Å². The Morgan fingerprint density at radius 1 is 0.720 bits per heavy atom. The summed E-state index contributed by atoms with van der Waals surface area (Å²) >= 11 is 0. The Bertz CT molecular complexity index is 524. The number of unbranched alkanes of at least 4 members (excludes halogenated alkanes) is 2. The van der Waals surface area contributed by atoms with E-state index in [0.29, 0.717) is 24.7 Å². The van der Waals surface area contributed by atoms with Crippen LogP contribution in [0.15, 0.2) is 48.5 Å². The molecule has 0 saturated carbocycles. The Morgan fingerprint density at radius 2 is 1.12 bits per heavy atom. The van der Waals surface area contributed by atoms with Crippen molar-refractivity contribution in [2.75, 3.05) is 13.2 Å². The van der Waals surface area contributed by atoms with E-state index >= 15 is 0 Å². The van der Waals surface area contributed by atoms with Gasteiger partial charge in [-0.1, -0.05) is 51.0 Å². The fraction of sp³-hybridized carbons (Fsp3) is 0.400. The number of ether oxygens (including phenoxy) is 2. The standard InChI is InChI=1S/2C10H14O2.Mg/c2*1-2-3-7-12-10-6-4-5-9(11)8-10;/h2*4-6,8,11H,2-3,7H2,1H3;/q;;+2/p-2. The van der Waals surface area contributed by atoms with Crippen LogP contribution >= 0.6 is 0 Å². The molecule has 5 heteroatoms. The molecule has 2 rings (SSSR count). The normalized spacial score (nSPS) is 9.36. The first-order valence-corrected chi connectivity index (χ1v) is 8.45. The van der Waals surface area contributed by atoms with Crippen molar-refractivity contribution >= 4 is 23.1 Å². The maximum absolute atomic E-state index is 10.8. The first-order valence-electron chi connectivity index (χ1n) is 8.45. The van der Waals surface area contributed by atoms with E-state index in [1.165, 1.54) is 24.3 Å². The molecule has 0 aliphatic carbocycles. The molecule has 0 radical (unpaired) electrons. The molecule has 0 aromatic heterocycles. The van der Waals surface area contributed by atoms with Crippen molar-refractivity contribution in [1.82, 2.24) is 0 Å². The van der Waals surface area contributed by atoms with Crippen LogP contribution in [0, 0.1) is 0 Å². The second-order valence-corrected chi connectivity index (χ2v) is 5.35. The Hall–Kier alpha value is -1.59. The predicted octanol–water partition coefficient (Wildman–Crippen LogP) is 3.50. The molecule has 2 aromatic carbocycles. The molecule has 0 saturated heterocycles. The van der Waals surface area contributed by atoms with Crippen molar-refractivity contribution in [3.8, 4) is 23.0 Å². The van der Waals surface area contributed by atoms with Crippen LogP contribution < -0.4 is 19.7 Å². The summed E-state index contributed by atoms with van der Waals surface area (Å²) in [5.74, 6) is 1.36. The van der Waals surface area contributed by atoms with Gasteiger partial charge in [0.2, 0.25) is 0 Å². The zero-order chi connectivity index (χ0) is 17.6. The van der Waals surface area contributed by atoms with Crippen molar-refractivity contribution < 1.29 is 19.7 Å². The van der Waals surface area contributed by atoms with E-state index in [9.17, 15) is 10.2 Å². The zero-order valence-electron chi connectivity index (χ0n) is 15.2. The molecule has 0 N–H and O–H groups in total. The van der Waals surface area contributed by atoms with Crippen molar-refractivity contribution in [2.24, 2.45) is 0 Å². The van der Waals surface area contributed by atoms with Gasteiger partial charge >= 0.3 is 23.1 Å². The molecule has 2 aromatic rings. The topological polar surface area (TPSA) is 64.6 Å². The SMILES string of the molecule is CCCCOc1cccc([O-])c1.CCCCOc1cccc([O-])c1.[Mg+2]. The van der Waals surface area contributed by atoms with Gasteiger partial charge < -0.3 is 19.7 Å². The van der Waals surface area contributed by atoms with Crippen molar-refractivity contribution in [3.63, 3.8) is 0 Å². The Morgan fingerprint density at radius 3 is 1.44 bits per heavy atom. The van der Waals surface area contributed by atoms with Gasteiger partial charge in [-0.05, 0) is 37.1 Å². The van der Waals surface area contributed by atoms with Crippen LogP contribution in [0.2, 0.25) is 0 Å². The van der Waals surface area contributed by atoms with Gasteiger partial charge in [0, 0.05) is 0 Å². The third-order valence-corrected chi connectivity index (χ3v) is 3.14. The van der Waals surface area contributed by atoms with Gasteiger partial charge in [0.05, 0.1) is 13.2 Å². The van der Waals surface area contributed by atoms with Gasteiger partial charge in [-0.25, -0.2) is 0 Å². The van der Waals surface area contributed by atoms with Gasteiger partial charge in [-0.2, -0.15) is 0 Å². The molecule has 0 amide bonds. The van der Waals surface area contributed by atoms with Crippen LogP contribution in [0.5, 0.6) is 23.0 Å². The first-order chi connectivity index (χ1) is 11.7. The van der Waals surface area contributed by atoms with Gasteiger partial charge in [0.1, 0.15) is 11.5 Å². The molecule has 0 atom stereocenters. The summed E-state index contributed by atoms with van der Waals surface area (Å²) in [5.41, 5.74) is 0. The fourth-order valence-corrected chi connectivity index (χ4v) is 1.80. The third kappa shape index (κ3) is 11.6. The van der Waals surface area contributed by atoms with Crippen LogP contribution in [0.25, 0.3) is 0 Å². The molecule has 0 aliphatic heterocycles. The minimum atomic E-state index is 0. The molecule has 4 nitrogen and oxygen atoms in total. The summed E-state index contributed by atoms with van der Waals surface area (Å²) < 4.78 is 10.7. The molecule has 0 unspecified atom stereocenters. The van der Waals surface area contributed by atoms with Gasteiger partial charge in [0.15, 0.2) is 0 Å². The second kappa shape index (κ2) is 14.7. The summed E-state index contributed by atoms with van der Waals surface area (Å²) in [4.78, 5) is 0. The molecular formula is C20H26MgO4. The van der Waals surface area contributed by atoms with Gasteiger partial charge in [-0.15, -0.1) is 11.5 Å². The molecule has 0 bridgehead atoms. The fourth-order valence-electron chi connectivity index (χ4n) is 1.80. The van der Waals surface area contributed by atoms with Crippen LogP contribution in [0.4, 0.5) is 0 Å². The summed E-state index contributed by atoms with van der Waals surface area (Å²) in [6, 6.07) is 13.1. The van der Waals surface area contributed by atoms with E-state index in [4.69, 9.17) is 9.47 Å². The number of rotatable bonds is 8. The maximum atomic E-state index is 10.8. The first kappa shape index (κ1) is 23.4. The van der Waals surface area contributed by atoms with E-state index < -0.39 is 0 Å². The largest absolute Gasteiger partial charge is 2.00 e. The predicted molar refractivity (Wildman–Crippen MR) is 98.3 cm³/mol. The molecule has 0 heterocycles. The van der Waals surface area contributed by atoms with E-state index in [0.717, 1.165) is 25.7 Å². The van der Waals surface area contributed by atoms with Crippen molar-refractivity contribution in [3.05, 3.63) is 48.5 Å². The Balaban J connectivity index is 0.000000443. The molecule has 0 spiro atoms. The maximum Gasteiger partial charge on any atom is 2.00 e. The smallest absolute Gasteiger partial charge is 0.872 e. The van der Waals surface area contributed by atoms with Gasteiger partial charge in [-0.3, -0.25) is 0 Å². The summed E-state index contributed by atoms with van der Waals surface area (Å²) in [5, 5.41) is 21.7. The third-order valence-electron chi connectivity index (χ3n) is 3.14. The molecule has 25 heavy (non-hydrogen) atoms. The van der Waals surface area contributed by atoms with Gasteiger partial charge in [0.25, 0.3) is 0 Å². The van der Waals surface area contributed by atoms with E-state index in [1.807, 2.05) is 0 Å². The Kier molecular flexibility index (Phi) is 13.8. The summed E-state index contributed by atoms with van der Waals surface area (Å²) in [7, 11) is 0. The molecule has 0 fully saturated rings. The van der Waals surface area contributed by atoms with E-state index in [1.54, 1.807) is 24.3 Å². The van der Waals surface area contributed by atoms with E-state index in [2.05, 4.69) is 13.8 Å². The van der Waals surface area contributed by atoms with Crippen LogP contribution in [-0.4, -0.2) is 36.3 Å². The minimum Gasteiger partial charge on any atom is -0.872 e. The summed E-state index contributed by atoms with van der Waals surface area (Å²) in [6.07, 6.45) is 4.28. The summed E-state index contributed by atoms with van der Waals surface area (Å²) in [6.45, 7) is 5.60. The zero-order valence-corrected chi connectivity index (χ0v) is 16.6. The van der Waals surface area contributed by atoms with Crippen LogP contribution in [-0.2, 0) is 0 Å². The molecule has 0 aliphatic rings. The quantitative estimate of drug-likeness (QED) is 0.537. The van der Waals surface area contributed by atoms with Crippen LogP contribution in [0.1, 0.15) is 39.5 Å². The molecule has 132 valence electrons. The minimum absolute atomic E-state index is 0. The Labute approximate surface area is 166 Å². The second-order valence-electron chi connectivity index (χ2n) is 5.35. The number of hydrogen-bond acceptors (Lipinski definition) is 4. The van der Waals surface area contributed by atoms with Crippen molar-refractivity contribution in [2.45, 2.75) is 39.5 Å². The number of hydrogen-bond donors (Lipinski definition) is 0. The molecular weight excluding hydrogens is 329 g/mol. The monoisotopic (exact) mass is 354 g/mol.